The van der Waals surface area contributed by atoms with Gasteiger partial charge < -0.3 is 4.57 Å². The summed E-state index contributed by atoms with van der Waals surface area (Å²) in [6.45, 7) is 6.91. The lowest BCUT2D eigenvalue weighted by Gasteiger charge is -2.16. The van der Waals surface area contributed by atoms with Gasteiger partial charge in [-0.25, -0.2) is 4.98 Å². The monoisotopic (exact) mass is 284 g/mol. The number of rotatable bonds is 7. The number of aromatic nitrogens is 2. The van der Waals surface area contributed by atoms with Crippen molar-refractivity contribution in [3.05, 3.63) is 53.6 Å². The van der Waals surface area contributed by atoms with E-state index in [1.807, 2.05) is 25.3 Å². The molecule has 0 aliphatic carbocycles. The van der Waals surface area contributed by atoms with Crippen molar-refractivity contribution in [1.29, 1.82) is 0 Å². The van der Waals surface area contributed by atoms with Crippen molar-refractivity contribution in [1.82, 2.24) is 9.55 Å². The molecule has 1 heterocycles. The van der Waals surface area contributed by atoms with Gasteiger partial charge >= 0.3 is 0 Å². The smallest absolute Gasteiger partial charge is 0.167 e. The summed E-state index contributed by atoms with van der Waals surface area (Å²) in [5.74, 6) is 1.21. The molecule has 0 saturated carbocycles. The van der Waals surface area contributed by atoms with Crippen LogP contribution in [0.25, 0.3) is 0 Å². The number of ketones is 1. The molecule has 2 aromatic rings. The fourth-order valence-electron chi connectivity index (χ4n) is 2.64. The zero-order valence-corrected chi connectivity index (χ0v) is 13.2. The molecule has 112 valence electrons. The van der Waals surface area contributed by atoms with E-state index in [0.29, 0.717) is 6.54 Å². The van der Waals surface area contributed by atoms with Crippen LogP contribution in [-0.4, -0.2) is 15.3 Å². The highest BCUT2D eigenvalue weighted by Gasteiger charge is 2.19. The van der Waals surface area contributed by atoms with Crippen molar-refractivity contribution in [3.8, 4) is 0 Å². The Morgan fingerprint density at radius 1 is 1.33 bits per heavy atom. The van der Waals surface area contributed by atoms with Gasteiger partial charge in [0.2, 0.25) is 0 Å². The van der Waals surface area contributed by atoms with E-state index in [1.54, 1.807) is 6.20 Å². The van der Waals surface area contributed by atoms with Crippen molar-refractivity contribution in [2.45, 2.75) is 46.6 Å². The summed E-state index contributed by atoms with van der Waals surface area (Å²) in [5, 5.41) is 0. The number of carbonyl (C=O) groups excluding carboxylic acids is 1. The van der Waals surface area contributed by atoms with Gasteiger partial charge in [0.25, 0.3) is 0 Å². The van der Waals surface area contributed by atoms with Crippen molar-refractivity contribution < 1.29 is 4.79 Å². The molecule has 0 radical (unpaired) electrons. The minimum atomic E-state index is 0.00905. The number of aryl methyl sites for hydroxylation is 2. The van der Waals surface area contributed by atoms with E-state index in [1.165, 1.54) is 5.56 Å². The number of benzene rings is 1. The second-order valence-corrected chi connectivity index (χ2v) is 5.55. The van der Waals surface area contributed by atoms with E-state index in [9.17, 15) is 4.79 Å². The lowest BCUT2D eigenvalue weighted by molar-refractivity contribution is 0.0903. The second-order valence-electron chi connectivity index (χ2n) is 5.55. The molecule has 1 atom stereocenters. The van der Waals surface area contributed by atoms with E-state index in [2.05, 4.69) is 35.5 Å². The molecular weight excluding hydrogens is 260 g/mol. The minimum Gasteiger partial charge on any atom is -0.334 e. The highest BCUT2D eigenvalue weighted by molar-refractivity contribution is 5.97. The summed E-state index contributed by atoms with van der Waals surface area (Å²) in [4.78, 5) is 17.0. The Labute approximate surface area is 127 Å². The number of hydrogen-bond acceptors (Lipinski definition) is 2. The lowest BCUT2D eigenvalue weighted by Crippen LogP contribution is -2.20. The predicted octanol–water partition coefficient (Wildman–Crippen LogP) is 4.05. The van der Waals surface area contributed by atoms with Gasteiger partial charge in [0.05, 0.1) is 0 Å². The standard InChI is InChI=1S/C18H24N2O/c1-4-7-15-8-6-9-17(12-15)18(21)16(5-2)13-20-11-10-19-14(20)3/h6,8-12,16H,4-5,7,13H2,1-3H3. The number of hydrogen-bond donors (Lipinski definition) is 0. The van der Waals surface area contributed by atoms with E-state index in [4.69, 9.17) is 0 Å². The van der Waals surface area contributed by atoms with Crippen LogP contribution >= 0.6 is 0 Å². The van der Waals surface area contributed by atoms with Gasteiger partial charge in [0.1, 0.15) is 5.82 Å². The lowest BCUT2D eigenvalue weighted by atomic mass is 9.93. The first-order chi connectivity index (χ1) is 10.2. The van der Waals surface area contributed by atoms with Crippen LogP contribution < -0.4 is 0 Å². The molecule has 0 spiro atoms. The van der Waals surface area contributed by atoms with Gasteiger partial charge in [-0.15, -0.1) is 0 Å². The molecule has 0 aliphatic rings. The van der Waals surface area contributed by atoms with Gasteiger partial charge in [-0.05, 0) is 31.4 Å². The maximum atomic E-state index is 12.7. The normalized spacial score (nSPS) is 12.3. The van der Waals surface area contributed by atoms with Crippen molar-refractivity contribution in [2.24, 2.45) is 5.92 Å². The molecular formula is C18H24N2O. The molecule has 2 rings (SSSR count). The quantitative estimate of drug-likeness (QED) is 0.719. The van der Waals surface area contributed by atoms with Crippen LogP contribution in [0.2, 0.25) is 0 Å². The number of Topliss-reactive ketones (excluding diaryl/α,β-unsaturated/α-hetero) is 1. The number of imidazole rings is 1. The summed E-state index contributed by atoms with van der Waals surface area (Å²) in [5.41, 5.74) is 2.09. The average molecular weight is 284 g/mol. The Morgan fingerprint density at radius 3 is 2.76 bits per heavy atom. The first kappa shape index (κ1) is 15.5. The van der Waals surface area contributed by atoms with Gasteiger partial charge in [-0.2, -0.15) is 0 Å². The maximum Gasteiger partial charge on any atom is 0.167 e. The highest BCUT2D eigenvalue weighted by atomic mass is 16.1. The Morgan fingerprint density at radius 2 is 2.14 bits per heavy atom. The molecule has 1 aromatic carbocycles. The molecule has 21 heavy (non-hydrogen) atoms. The van der Waals surface area contributed by atoms with E-state index in [-0.39, 0.29) is 11.7 Å². The summed E-state index contributed by atoms with van der Waals surface area (Å²) < 4.78 is 2.06. The summed E-state index contributed by atoms with van der Waals surface area (Å²) in [6, 6.07) is 8.08. The predicted molar refractivity (Wildman–Crippen MR) is 85.5 cm³/mol. The second kappa shape index (κ2) is 7.21. The molecule has 0 amide bonds. The molecule has 0 bridgehead atoms. The maximum absolute atomic E-state index is 12.7. The molecule has 0 fully saturated rings. The van der Waals surface area contributed by atoms with E-state index in [0.717, 1.165) is 30.7 Å². The van der Waals surface area contributed by atoms with E-state index >= 15 is 0 Å². The van der Waals surface area contributed by atoms with Crippen LogP contribution in [0.1, 0.15) is 48.4 Å². The van der Waals surface area contributed by atoms with Crippen LogP contribution in [0, 0.1) is 12.8 Å². The van der Waals surface area contributed by atoms with Crippen molar-refractivity contribution in [3.63, 3.8) is 0 Å². The first-order valence-electron chi connectivity index (χ1n) is 7.76. The van der Waals surface area contributed by atoms with Crippen LogP contribution in [0.15, 0.2) is 36.7 Å². The van der Waals surface area contributed by atoms with Crippen LogP contribution in [0.5, 0.6) is 0 Å². The van der Waals surface area contributed by atoms with Crippen LogP contribution in [-0.2, 0) is 13.0 Å². The molecule has 0 aliphatic heterocycles. The first-order valence-corrected chi connectivity index (χ1v) is 7.76. The van der Waals surface area contributed by atoms with Gasteiger partial charge in [-0.3, -0.25) is 4.79 Å². The molecule has 1 aromatic heterocycles. The molecule has 0 N–H and O–H groups in total. The molecule has 3 nitrogen and oxygen atoms in total. The molecule has 0 saturated heterocycles. The highest BCUT2D eigenvalue weighted by Crippen LogP contribution is 2.17. The Balaban J connectivity index is 2.16. The summed E-state index contributed by atoms with van der Waals surface area (Å²) in [7, 11) is 0. The molecule has 1 unspecified atom stereocenters. The SMILES string of the molecule is CCCc1cccc(C(=O)C(CC)Cn2ccnc2C)c1. The molecule has 3 heteroatoms. The van der Waals surface area contributed by atoms with Crippen molar-refractivity contribution >= 4 is 5.78 Å². The third-order valence-corrected chi connectivity index (χ3v) is 3.95. The van der Waals surface area contributed by atoms with Crippen molar-refractivity contribution in [2.75, 3.05) is 0 Å². The zero-order chi connectivity index (χ0) is 15.2. The Kier molecular flexibility index (Phi) is 5.32. The Hall–Kier alpha value is -1.90. The van der Waals surface area contributed by atoms with Crippen LogP contribution in [0.3, 0.4) is 0 Å². The van der Waals surface area contributed by atoms with Gasteiger partial charge in [0, 0.05) is 30.4 Å². The summed E-state index contributed by atoms with van der Waals surface area (Å²) in [6.07, 6.45) is 6.70. The van der Waals surface area contributed by atoms with E-state index < -0.39 is 0 Å². The summed E-state index contributed by atoms with van der Waals surface area (Å²) >= 11 is 0. The Bertz CT molecular complexity index is 601. The van der Waals surface area contributed by atoms with Gasteiger partial charge in [0.15, 0.2) is 5.78 Å². The fraction of sp³-hybridized carbons (Fsp3) is 0.444. The van der Waals surface area contributed by atoms with Crippen LogP contribution in [0.4, 0.5) is 0 Å². The average Bonchev–Trinajstić information content (AvgIpc) is 2.90. The topological polar surface area (TPSA) is 34.9 Å². The zero-order valence-electron chi connectivity index (χ0n) is 13.2. The third kappa shape index (κ3) is 3.81. The number of carbonyl (C=O) groups is 1. The fourth-order valence-corrected chi connectivity index (χ4v) is 2.64. The third-order valence-electron chi connectivity index (χ3n) is 3.95. The van der Waals surface area contributed by atoms with Gasteiger partial charge in [-0.1, -0.05) is 38.5 Å². The largest absolute Gasteiger partial charge is 0.334 e. The number of nitrogens with zero attached hydrogens (tertiary/aromatic N) is 2. The minimum absolute atomic E-state index is 0.00905.